The number of urea groups is 1. The molecule has 3 amide bonds. The number of anilines is 2. The van der Waals surface area contributed by atoms with Gasteiger partial charge in [0.25, 0.3) is 5.91 Å². The lowest BCUT2D eigenvalue weighted by Crippen LogP contribution is -2.29. The van der Waals surface area contributed by atoms with Crippen LogP contribution in [0, 0.1) is 0 Å². The summed E-state index contributed by atoms with van der Waals surface area (Å²) in [5, 5.41) is 5.57. The lowest BCUT2D eigenvalue weighted by atomic mass is 10.1. The number of hydrogen-bond acceptors (Lipinski definition) is 4. The summed E-state index contributed by atoms with van der Waals surface area (Å²) in [5.74, 6) is -0.423. The van der Waals surface area contributed by atoms with Gasteiger partial charge in [-0.25, -0.2) is 9.59 Å². The van der Waals surface area contributed by atoms with E-state index in [1.54, 1.807) is 36.1 Å². The molecule has 7 heteroatoms. The van der Waals surface area contributed by atoms with E-state index in [2.05, 4.69) is 10.6 Å². The predicted molar refractivity (Wildman–Crippen MR) is 127 cm³/mol. The van der Waals surface area contributed by atoms with E-state index in [0.29, 0.717) is 36.5 Å². The van der Waals surface area contributed by atoms with Crippen LogP contribution in [0.15, 0.2) is 72.8 Å². The van der Waals surface area contributed by atoms with Gasteiger partial charge in [0, 0.05) is 30.0 Å². The molecule has 0 spiro atoms. The molecule has 3 aromatic rings. The zero-order chi connectivity index (χ0) is 23.2. The maximum absolute atomic E-state index is 12.9. The lowest BCUT2D eigenvalue weighted by molar-refractivity contribution is 0.0526. The Morgan fingerprint density at radius 3 is 2.42 bits per heavy atom. The van der Waals surface area contributed by atoms with Crippen LogP contribution in [-0.2, 0) is 17.7 Å². The van der Waals surface area contributed by atoms with Crippen molar-refractivity contribution >= 4 is 29.3 Å². The molecule has 0 atom stereocenters. The Labute approximate surface area is 192 Å². The van der Waals surface area contributed by atoms with Crippen LogP contribution in [0.4, 0.5) is 16.2 Å². The third-order valence-electron chi connectivity index (χ3n) is 5.42. The molecule has 0 saturated carbocycles. The van der Waals surface area contributed by atoms with Crippen LogP contribution in [0.3, 0.4) is 0 Å². The molecule has 1 heterocycles. The highest BCUT2D eigenvalue weighted by molar-refractivity contribution is 6.07. The van der Waals surface area contributed by atoms with Crippen molar-refractivity contribution < 1.29 is 19.1 Å². The summed E-state index contributed by atoms with van der Waals surface area (Å²) < 4.78 is 4.95. The molecule has 0 bridgehead atoms. The minimum atomic E-state index is -0.398. The summed E-state index contributed by atoms with van der Waals surface area (Å²) in [7, 11) is 0. The number of nitrogens with zero attached hydrogens (tertiary/aromatic N) is 1. The van der Waals surface area contributed by atoms with Gasteiger partial charge in [-0.2, -0.15) is 0 Å². The fourth-order valence-electron chi connectivity index (χ4n) is 3.74. The van der Waals surface area contributed by atoms with Gasteiger partial charge in [-0.05, 0) is 66.9 Å². The van der Waals surface area contributed by atoms with E-state index in [-0.39, 0.29) is 11.9 Å². The zero-order valence-corrected chi connectivity index (χ0v) is 18.3. The summed E-state index contributed by atoms with van der Waals surface area (Å²) in [5.41, 5.74) is 4.55. The number of esters is 1. The van der Waals surface area contributed by atoms with E-state index >= 15 is 0 Å². The number of fused-ring (bicyclic) bond motifs is 1. The van der Waals surface area contributed by atoms with Crippen LogP contribution in [0.5, 0.6) is 0 Å². The van der Waals surface area contributed by atoms with Gasteiger partial charge in [-0.3, -0.25) is 4.79 Å². The highest BCUT2D eigenvalue weighted by Gasteiger charge is 2.25. The van der Waals surface area contributed by atoms with Crippen LogP contribution < -0.4 is 15.5 Å². The smallest absolute Gasteiger partial charge is 0.338 e. The Hall–Kier alpha value is -4.13. The number of hydrogen-bond donors (Lipinski definition) is 2. The third-order valence-corrected chi connectivity index (χ3v) is 5.42. The first kappa shape index (κ1) is 22.1. The van der Waals surface area contributed by atoms with Crippen molar-refractivity contribution in [3.63, 3.8) is 0 Å². The molecule has 7 nitrogen and oxygen atoms in total. The van der Waals surface area contributed by atoms with Gasteiger partial charge in [-0.15, -0.1) is 0 Å². The fraction of sp³-hybridized carbons (Fsp3) is 0.192. The molecular weight excluding hydrogens is 418 g/mol. The van der Waals surface area contributed by atoms with E-state index in [1.807, 2.05) is 48.5 Å². The second-order valence-electron chi connectivity index (χ2n) is 7.64. The standard InChI is InChI=1S/C26H25N3O4/c1-2-33-25(31)21-10-12-22(13-11-21)28-26(32)27-17-18-8-9-19-14-15-29(23(19)16-18)24(30)20-6-4-3-5-7-20/h3-13,16H,2,14-15,17H2,1H3,(H2,27,28,32). The first-order valence-electron chi connectivity index (χ1n) is 10.9. The number of benzene rings is 3. The Bertz CT molecular complexity index is 1160. The van der Waals surface area contributed by atoms with E-state index in [1.165, 1.54) is 0 Å². The van der Waals surface area contributed by atoms with Crippen molar-refractivity contribution in [1.29, 1.82) is 0 Å². The van der Waals surface area contributed by atoms with E-state index < -0.39 is 5.97 Å². The van der Waals surface area contributed by atoms with E-state index in [4.69, 9.17) is 4.74 Å². The Morgan fingerprint density at radius 1 is 0.939 bits per heavy atom. The minimum absolute atomic E-state index is 0.0246. The average molecular weight is 444 g/mol. The summed E-state index contributed by atoms with van der Waals surface area (Å²) in [4.78, 5) is 38.7. The van der Waals surface area contributed by atoms with Gasteiger partial charge in [-0.1, -0.05) is 30.3 Å². The lowest BCUT2D eigenvalue weighted by Gasteiger charge is -2.18. The van der Waals surface area contributed by atoms with Crippen LogP contribution >= 0.6 is 0 Å². The molecule has 0 radical (unpaired) electrons. The van der Waals surface area contributed by atoms with Crippen molar-refractivity contribution in [1.82, 2.24) is 5.32 Å². The molecule has 3 aromatic carbocycles. The van der Waals surface area contributed by atoms with Crippen LogP contribution in [0.25, 0.3) is 0 Å². The third kappa shape index (κ3) is 5.20. The minimum Gasteiger partial charge on any atom is -0.462 e. The van der Waals surface area contributed by atoms with Crippen LogP contribution in [0.2, 0.25) is 0 Å². The normalized spacial score (nSPS) is 12.1. The summed E-state index contributed by atoms with van der Waals surface area (Å²) >= 11 is 0. The van der Waals surface area contributed by atoms with Crippen LogP contribution in [0.1, 0.15) is 38.8 Å². The SMILES string of the molecule is CCOC(=O)c1ccc(NC(=O)NCc2ccc3c(c2)N(C(=O)c2ccccc2)CC3)cc1. The van der Waals surface area contributed by atoms with Gasteiger partial charge in [0.05, 0.1) is 12.2 Å². The zero-order valence-electron chi connectivity index (χ0n) is 18.3. The molecular formula is C26H25N3O4. The summed E-state index contributed by atoms with van der Waals surface area (Å²) in [6, 6.07) is 21.3. The topological polar surface area (TPSA) is 87.7 Å². The molecule has 4 rings (SSSR count). The van der Waals surface area contributed by atoms with E-state index in [0.717, 1.165) is 23.2 Å². The van der Waals surface area contributed by atoms with Crippen molar-refractivity contribution in [2.24, 2.45) is 0 Å². The molecule has 2 N–H and O–H groups in total. The van der Waals surface area contributed by atoms with Crippen LogP contribution in [-0.4, -0.2) is 31.1 Å². The highest BCUT2D eigenvalue weighted by atomic mass is 16.5. The molecule has 1 aliphatic rings. The van der Waals surface area contributed by atoms with Crippen molar-refractivity contribution in [2.75, 3.05) is 23.4 Å². The molecule has 0 saturated heterocycles. The maximum atomic E-state index is 12.9. The highest BCUT2D eigenvalue weighted by Crippen LogP contribution is 2.30. The number of carbonyl (C=O) groups is 3. The first-order chi connectivity index (χ1) is 16.0. The van der Waals surface area contributed by atoms with Gasteiger partial charge < -0.3 is 20.3 Å². The molecule has 33 heavy (non-hydrogen) atoms. The van der Waals surface area contributed by atoms with Gasteiger partial charge in [0.2, 0.25) is 0 Å². The predicted octanol–water partition coefficient (Wildman–Crippen LogP) is 4.39. The average Bonchev–Trinajstić information content (AvgIpc) is 3.27. The first-order valence-corrected chi connectivity index (χ1v) is 10.9. The second kappa shape index (κ2) is 9.99. The monoisotopic (exact) mass is 443 g/mol. The molecule has 0 aliphatic carbocycles. The van der Waals surface area contributed by atoms with Gasteiger partial charge in [0.15, 0.2) is 0 Å². The Balaban J connectivity index is 1.36. The van der Waals surface area contributed by atoms with E-state index in [9.17, 15) is 14.4 Å². The summed E-state index contributed by atoms with van der Waals surface area (Å²) in [6.07, 6.45) is 0.809. The second-order valence-corrected chi connectivity index (χ2v) is 7.64. The Morgan fingerprint density at radius 2 is 1.70 bits per heavy atom. The van der Waals surface area contributed by atoms with Gasteiger partial charge >= 0.3 is 12.0 Å². The molecule has 0 unspecified atom stereocenters. The number of rotatable bonds is 6. The quantitative estimate of drug-likeness (QED) is 0.553. The summed E-state index contributed by atoms with van der Waals surface area (Å²) in [6.45, 7) is 3.01. The van der Waals surface area contributed by atoms with Crippen molar-refractivity contribution in [2.45, 2.75) is 19.9 Å². The Kier molecular flexibility index (Phi) is 6.69. The van der Waals surface area contributed by atoms with Crippen molar-refractivity contribution in [3.8, 4) is 0 Å². The van der Waals surface area contributed by atoms with Gasteiger partial charge in [0.1, 0.15) is 0 Å². The molecule has 0 fully saturated rings. The largest absolute Gasteiger partial charge is 0.462 e. The molecule has 1 aliphatic heterocycles. The fourth-order valence-corrected chi connectivity index (χ4v) is 3.74. The number of ether oxygens (including phenoxy) is 1. The molecule has 168 valence electrons. The number of carbonyl (C=O) groups excluding carboxylic acids is 3. The number of nitrogens with one attached hydrogen (secondary N) is 2. The van der Waals surface area contributed by atoms with Crippen molar-refractivity contribution in [3.05, 3.63) is 95.1 Å². The number of amides is 3. The maximum Gasteiger partial charge on any atom is 0.338 e. The molecule has 0 aromatic heterocycles.